The molecule has 1 saturated carbocycles. The van der Waals surface area contributed by atoms with Crippen LogP contribution in [0.1, 0.15) is 56.9 Å². The topological polar surface area (TPSA) is 49.9 Å². The van der Waals surface area contributed by atoms with Crippen LogP contribution in [0.15, 0.2) is 18.2 Å². The summed E-state index contributed by atoms with van der Waals surface area (Å²) < 4.78 is 18.7. The summed E-state index contributed by atoms with van der Waals surface area (Å²) in [5.74, 6) is 0.826. The normalized spacial score (nSPS) is 18.0. The number of halogens is 1. The molecule has 2 aliphatic rings. The van der Waals surface area contributed by atoms with E-state index in [2.05, 4.69) is 0 Å². The molecule has 1 saturated heterocycles. The van der Waals surface area contributed by atoms with Crippen LogP contribution in [-0.4, -0.2) is 54.9 Å². The molecule has 0 spiro atoms. The number of carbonyl (C=O) groups excluding carboxylic acids is 2. The van der Waals surface area contributed by atoms with Gasteiger partial charge in [-0.2, -0.15) is 0 Å². The number of amides is 2. The lowest BCUT2D eigenvalue weighted by Crippen LogP contribution is -2.50. The zero-order valence-electron chi connectivity index (χ0n) is 17.5. The zero-order valence-corrected chi connectivity index (χ0v) is 17.5. The monoisotopic (exact) mass is 404 g/mol. The molecule has 3 rings (SSSR count). The average molecular weight is 405 g/mol. The van der Waals surface area contributed by atoms with Gasteiger partial charge in [-0.15, -0.1) is 0 Å². The molecule has 0 bridgehead atoms. The molecule has 2 fully saturated rings. The molecular formula is C23H33FN2O3. The Bertz CT molecular complexity index is 695. The van der Waals surface area contributed by atoms with Crippen molar-refractivity contribution in [1.29, 1.82) is 0 Å². The summed E-state index contributed by atoms with van der Waals surface area (Å²) >= 11 is 0. The number of aryl methyl sites for hydroxylation is 1. The second-order valence-corrected chi connectivity index (χ2v) is 8.27. The van der Waals surface area contributed by atoms with Crippen molar-refractivity contribution in [3.8, 4) is 5.75 Å². The molecule has 1 aromatic carbocycles. The standard InChI is InChI=1S/C23H33FN2O3/c1-29-21-10-7-19(17-20(21)24)9-12-23(28)26-15-13-25(14-16-26)22(27)11-8-18-5-3-2-4-6-18/h7,10,17-18H,2-6,8-9,11-16H2,1H3. The molecule has 1 aliphatic carbocycles. The fourth-order valence-electron chi connectivity index (χ4n) is 4.44. The Hall–Kier alpha value is -2.11. The largest absolute Gasteiger partial charge is 0.494 e. The molecule has 1 aliphatic heterocycles. The van der Waals surface area contributed by atoms with Crippen molar-refractivity contribution in [2.75, 3.05) is 33.3 Å². The first-order valence-electron chi connectivity index (χ1n) is 10.9. The van der Waals surface area contributed by atoms with E-state index < -0.39 is 5.82 Å². The lowest BCUT2D eigenvalue weighted by molar-refractivity contribution is -0.139. The van der Waals surface area contributed by atoms with E-state index in [1.807, 2.05) is 9.80 Å². The molecule has 0 N–H and O–H groups in total. The Morgan fingerprint density at radius 2 is 1.62 bits per heavy atom. The summed E-state index contributed by atoms with van der Waals surface area (Å²) in [5, 5.41) is 0. The highest BCUT2D eigenvalue weighted by Crippen LogP contribution is 2.27. The lowest BCUT2D eigenvalue weighted by Gasteiger charge is -2.35. The van der Waals surface area contributed by atoms with Gasteiger partial charge in [-0.3, -0.25) is 9.59 Å². The number of hydrogen-bond donors (Lipinski definition) is 0. The number of ether oxygens (including phenoxy) is 1. The number of nitrogens with zero attached hydrogens (tertiary/aromatic N) is 2. The first-order valence-corrected chi connectivity index (χ1v) is 10.9. The summed E-state index contributed by atoms with van der Waals surface area (Å²) in [6, 6.07) is 4.81. The third-order valence-electron chi connectivity index (χ3n) is 6.32. The van der Waals surface area contributed by atoms with Crippen molar-refractivity contribution >= 4 is 11.8 Å². The number of benzene rings is 1. The van der Waals surface area contributed by atoms with Gasteiger partial charge in [0.1, 0.15) is 0 Å². The third kappa shape index (κ3) is 6.18. The summed E-state index contributed by atoms with van der Waals surface area (Å²) in [7, 11) is 1.43. The van der Waals surface area contributed by atoms with Crippen LogP contribution in [0.3, 0.4) is 0 Å². The average Bonchev–Trinajstić information content (AvgIpc) is 2.76. The minimum atomic E-state index is -0.405. The molecule has 0 aromatic heterocycles. The van der Waals surface area contributed by atoms with E-state index >= 15 is 0 Å². The summed E-state index contributed by atoms with van der Waals surface area (Å²) in [4.78, 5) is 28.7. The smallest absolute Gasteiger partial charge is 0.223 e. The summed E-state index contributed by atoms with van der Waals surface area (Å²) in [5.41, 5.74) is 0.785. The maximum atomic E-state index is 13.8. The van der Waals surface area contributed by atoms with Crippen molar-refractivity contribution in [2.24, 2.45) is 5.92 Å². The van der Waals surface area contributed by atoms with Gasteiger partial charge in [0, 0.05) is 39.0 Å². The minimum absolute atomic E-state index is 0.0653. The first kappa shape index (κ1) is 21.6. The van der Waals surface area contributed by atoms with Gasteiger partial charge in [-0.05, 0) is 36.5 Å². The maximum Gasteiger partial charge on any atom is 0.223 e. The van der Waals surface area contributed by atoms with E-state index in [0.29, 0.717) is 45.4 Å². The van der Waals surface area contributed by atoms with Gasteiger partial charge in [0.2, 0.25) is 11.8 Å². The number of methoxy groups -OCH3 is 1. The van der Waals surface area contributed by atoms with Gasteiger partial charge in [0.25, 0.3) is 0 Å². The summed E-state index contributed by atoms with van der Waals surface area (Å²) in [6.45, 7) is 2.41. The van der Waals surface area contributed by atoms with Gasteiger partial charge in [-0.1, -0.05) is 38.2 Å². The molecule has 0 atom stereocenters. The molecule has 29 heavy (non-hydrogen) atoms. The zero-order chi connectivity index (χ0) is 20.6. The van der Waals surface area contributed by atoms with Gasteiger partial charge in [0.15, 0.2) is 11.6 Å². The van der Waals surface area contributed by atoms with Crippen LogP contribution in [0.5, 0.6) is 5.75 Å². The number of hydrogen-bond acceptors (Lipinski definition) is 3. The molecule has 0 radical (unpaired) electrons. The molecule has 1 aromatic rings. The maximum absolute atomic E-state index is 13.8. The Labute approximate surface area is 173 Å². The van der Waals surface area contributed by atoms with Crippen LogP contribution in [0.4, 0.5) is 4.39 Å². The van der Waals surface area contributed by atoms with Crippen molar-refractivity contribution in [1.82, 2.24) is 9.80 Å². The van der Waals surface area contributed by atoms with Crippen molar-refractivity contribution in [3.05, 3.63) is 29.6 Å². The van der Waals surface area contributed by atoms with E-state index in [9.17, 15) is 14.0 Å². The highest BCUT2D eigenvalue weighted by Gasteiger charge is 2.24. The quantitative estimate of drug-likeness (QED) is 0.695. The molecular weight excluding hydrogens is 371 g/mol. The van der Waals surface area contributed by atoms with E-state index in [4.69, 9.17) is 4.74 Å². The highest BCUT2D eigenvalue weighted by molar-refractivity contribution is 5.78. The fraction of sp³-hybridized carbons (Fsp3) is 0.652. The number of piperazine rings is 1. The Morgan fingerprint density at radius 1 is 1.00 bits per heavy atom. The van der Waals surface area contributed by atoms with Crippen LogP contribution in [0, 0.1) is 11.7 Å². The van der Waals surface area contributed by atoms with E-state index in [0.717, 1.165) is 17.9 Å². The SMILES string of the molecule is COc1ccc(CCC(=O)N2CCN(C(=O)CCC3CCCCC3)CC2)cc1F. The van der Waals surface area contributed by atoms with Crippen molar-refractivity contribution in [3.63, 3.8) is 0 Å². The van der Waals surface area contributed by atoms with Crippen LogP contribution in [0.25, 0.3) is 0 Å². The highest BCUT2D eigenvalue weighted by atomic mass is 19.1. The fourth-order valence-corrected chi connectivity index (χ4v) is 4.44. The molecule has 160 valence electrons. The first-order chi connectivity index (χ1) is 14.1. The second-order valence-electron chi connectivity index (χ2n) is 8.27. The van der Waals surface area contributed by atoms with Crippen LogP contribution in [0.2, 0.25) is 0 Å². The van der Waals surface area contributed by atoms with Crippen LogP contribution < -0.4 is 4.74 Å². The Kier molecular flexibility index (Phi) is 7.90. The van der Waals surface area contributed by atoms with Gasteiger partial charge in [0.05, 0.1) is 7.11 Å². The van der Waals surface area contributed by atoms with Crippen molar-refractivity contribution in [2.45, 2.75) is 57.8 Å². The van der Waals surface area contributed by atoms with E-state index in [1.54, 1.807) is 12.1 Å². The van der Waals surface area contributed by atoms with Gasteiger partial charge in [-0.25, -0.2) is 4.39 Å². The minimum Gasteiger partial charge on any atom is -0.494 e. The molecule has 5 nitrogen and oxygen atoms in total. The molecule has 1 heterocycles. The molecule has 6 heteroatoms. The van der Waals surface area contributed by atoms with E-state index in [1.165, 1.54) is 45.3 Å². The Morgan fingerprint density at radius 3 is 2.21 bits per heavy atom. The third-order valence-corrected chi connectivity index (χ3v) is 6.32. The van der Waals surface area contributed by atoms with E-state index in [-0.39, 0.29) is 17.6 Å². The van der Waals surface area contributed by atoms with Gasteiger partial charge >= 0.3 is 0 Å². The Balaban J connectivity index is 1.37. The predicted octanol–water partition coefficient (Wildman–Crippen LogP) is 3.80. The van der Waals surface area contributed by atoms with Gasteiger partial charge < -0.3 is 14.5 Å². The lowest BCUT2D eigenvalue weighted by atomic mass is 9.86. The molecule has 2 amide bonds. The predicted molar refractivity (Wildman–Crippen MR) is 110 cm³/mol. The van der Waals surface area contributed by atoms with Crippen LogP contribution in [-0.2, 0) is 16.0 Å². The molecule has 0 unspecified atom stereocenters. The van der Waals surface area contributed by atoms with Crippen molar-refractivity contribution < 1.29 is 18.7 Å². The second kappa shape index (κ2) is 10.6. The number of carbonyl (C=O) groups is 2. The summed E-state index contributed by atoms with van der Waals surface area (Å²) in [6.07, 6.45) is 9.00. The number of rotatable bonds is 7. The van der Waals surface area contributed by atoms with Crippen LogP contribution >= 0.6 is 0 Å².